The maximum atomic E-state index is 9.53. The zero-order valence-electron chi connectivity index (χ0n) is 13.9. The van der Waals surface area contributed by atoms with Crippen LogP contribution in [0.3, 0.4) is 0 Å². The molecule has 3 fully saturated rings. The Labute approximate surface area is 142 Å². The van der Waals surface area contributed by atoms with Crippen molar-refractivity contribution in [2.24, 2.45) is 29.4 Å². The number of aliphatic hydroxyl groups is 4. The fraction of sp³-hybridized carbons (Fsp3) is 1.00. The van der Waals surface area contributed by atoms with Gasteiger partial charge in [-0.15, -0.1) is 0 Å². The number of aliphatic hydroxyl groups excluding tert-OH is 4. The van der Waals surface area contributed by atoms with Crippen LogP contribution in [0.4, 0.5) is 0 Å². The standard InChI is InChI=1S/C8H17NO5S.C8H14/c9-1-2-15-3-4-5(10)6(11)7(12)8(13)14-4;1-5-3-7(5)8-4-6(8)2/h4-8,10-13H,1-3,9H2;5-8H,3-4H2,1-2H3. The monoisotopic (exact) mass is 349 g/mol. The maximum absolute atomic E-state index is 9.53. The summed E-state index contributed by atoms with van der Waals surface area (Å²) >= 11 is 1.45. The Bertz CT molecular complexity index is 360. The lowest BCUT2D eigenvalue weighted by Crippen LogP contribution is -2.58. The van der Waals surface area contributed by atoms with E-state index in [-0.39, 0.29) is 0 Å². The van der Waals surface area contributed by atoms with Crippen molar-refractivity contribution in [3.8, 4) is 0 Å². The van der Waals surface area contributed by atoms with Crippen LogP contribution in [0.15, 0.2) is 0 Å². The summed E-state index contributed by atoms with van der Waals surface area (Å²) in [5.41, 5.74) is 5.29. The van der Waals surface area contributed by atoms with Crippen molar-refractivity contribution in [1.82, 2.24) is 0 Å². The highest BCUT2D eigenvalue weighted by molar-refractivity contribution is 7.99. The maximum Gasteiger partial charge on any atom is 0.183 e. The molecule has 0 bridgehead atoms. The van der Waals surface area contributed by atoms with Crippen molar-refractivity contribution in [1.29, 1.82) is 0 Å². The van der Waals surface area contributed by atoms with Crippen molar-refractivity contribution in [2.45, 2.75) is 57.4 Å². The second-order valence-electron chi connectivity index (χ2n) is 7.15. The summed E-state index contributed by atoms with van der Waals surface area (Å²) in [6.45, 7) is 5.28. The SMILES string of the molecule is CC1CC1C1CC1C.NCCSCC1OC(O)C(O)C(O)C1O. The number of thioether (sulfide) groups is 1. The van der Waals surface area contributed by atoms with Crippen molar-refractivity contribution in [2.75, 3.05) is 18.1 Å². The molecule has 9 unspecified atom stereocenters. The lowest BCUT2D eigenvalue weighted by Gasteiger charge is -2.38. The van der Waals surface area contributed by atoms with E-state index in [1.54, 1.807) is 0 Å². The van der Waals surface area contributed by atoms with Crippen LogP contribution in [-0.2, 0) is 4.74 Å². The zero-order chi connectivity index (χ0) is 17.1. The van der Waals surface area contributed by atoms with Crippen LogP contribution in [0.1, 0.15) is 26.7 Å². The summed E-state index contributed by atoms with van der Waals surface area (Å²) in [5, 5.41) is 37.3. The molecule has 0 spiro atoms. The molecular weight excluding hydrogens is 318 g/mol. The van der Waals surface area contributed by atoms with Gasteiger partial charge in [-0.1, -0.05) is 13.8 Å². The topological polar surface area (TPSA) is 116 Å². The molecule has 0 amide bonds. The van der Waals surface area contributed by atoms with Gasteiger partial charge in [0.15, 0.2) is 6.29 Å². The molecule has 6 nitrogen and oxygen atoms in total. The second-order valence-corrected chi connectivity index (χ2v) is 8.30. The molecule has 6 N–H and O–H groups in total. The number of ether oxygens (including phenoxy) is 1. The van der Waals surface area contributed by atoms with Crippen LogP contribution in [0, 0.1) is 23.7 Å². The van der Waals surface area contributed by atoms with Crippen LogP contribution in [-0.4, -0.2) is 69.2 Å². The van der Waals surface area contributed by atoms with E-state index in [2.05, 4.69) is 13.8 Å². The van der Waals surface area contributed by atoms with E-state index in [0.29, 0.717) is 18.1 Å². The van der Waals surface area contributed by atoms with Crippen molar-refractivity contribution >= 4 is 11.8 Å². The molecule has 136 valence electrons. The molecule has 0 radical (unpaired) electrons. The molecule has 2 aliphatic carbocycles. The third-order valence-corrected chi connectivity index (χ3v) is 6.21. The van der Waals surface area contributed by atoms with E-state index in [0.717, 1.165) is 23.7 Å². The van der Waals surface area contributed by atoms with Crippen molar-refractivity contribution in [3.05, 3.63) is 0 Å². The first-order chi connectivity index (χ1) is 10.9. The summed E-state index contributed by atoms with van der Waals surface area (Å²) in [4.78, 5) is 0. The summed E-state index contributed by atoms with van der Waals surface area (Å²) in [6, 6.07) is 0. The Morgan fingerprint density at radius 2 is 1.48 bits per heavy atom. The summed E-state index contributed by atoms with van der Waals surface area (Å²) < 4.78 is 4.96. The smallest absolute Gasteiger partial charge is 0.183 e. The Morgan fingerprint density at radius 1 is 0.957 bits per heavy atom. The minimum Gasteiger partial charge on any atom is -0.388 e. The summed E-state index contributed by atoms with van der Waals surface area (Å²) in [6.07, 6.45) is -3.09. The lowest BCUT2D eigenvalue weighted by atomic mass is 10.0. The van der Waals surface area contributed by atoms with Gasteiger partial charge in [-0.2, -0.15) is 11.8 Å². The Morgan fingerprint density at radius 3 is 1.91 bits per heavy atom. The third-order valence-electron chi connectivity index (χ3n) is 5.12. The predicted molar refractivity (Wildman–Crippen MR) is 89.8 cm³/mol. The van der Waals surface area contributed by atoms with Crippen LogP contribution in [0.25, 0.3) is 0 Å². The van der Waals surface area contributed by atoms with E-state index in [9.17, 15) is 20.4 Å². The molecule has 3 aliphatic rings. The number of hydrogen-bond donors (Lipinski definition) is 5. The molecule has 1 saturated heterocycles. The van der Waals surface area contributed by atoms with Crippen LogP contribution < -0.4 is 5.73 Å². The summed E-state index contributed by atoms with van der Waals surface area (Å²) in [5.74, 6) is 5.62. The molecule has 1 heterocycles. The van der Waals surface area contributed by atoms with Gasteiger partial charge in [0.1, 0.15) is 18.3 Å². The Kier molecular flexibility index (Phi) is 7.16. The van der Waals surface area contributed by atoms with Crippen LogP contribution in [0.5, 0.6) is 0 Å². The van der Waals surface area contributed by atoms with E-state index >= 15 is 0 Å². The largest absolute Gasteiger partial charge is 0.388 e. The fourth-order valence-corrected chi connectivity index (χ4v) is 4.09. The minimum atomic E-state index is -1.46. The number of nitrogens with two attached hydrogens (primary N) is 1. The molecule has 1 aliphatic heterocycles. The average molecular weight is 349 g/mol. The number of rotatable bonds is 5. The van der Waals surface area contributed by atoms with Gasteiger partial charge in [-0.05, 0) is 36.5 Å². The first kappa shape index (κ1) is 19.4. The van der Waals surface area contributed by atoms with Gasteiger partial charge in [-0.25, -0.2) is 0 Å². The molecule has 0 aromatic heterocycles. The molecule has 0 aromatic rings. The molecule has 9 atom stereocenters. The van der Waals surface area contributed by atoms with Gasteiger partial charge < -0.3 is 30.9 Å². The van der Waals surface area contributed by atoms with E-state index in [4.69, 9.17) is 10.5 Å². The van der Waals surface area contributed by atoms with E-state index in [1.165, 1.54) is 24.6 Å². The Hall–Kier alpha value is 0.110. The zero-order valence-corrected chi connectivity index (χ0v) is 14.7. The lowest BCUT2D eigenvalue weighted by molar-refractivity contribution is -0.276. The minimum absolute atomic E-state index is 0.416. The molecule has 3 rings (SSSR count). The normalized spacial score (nSPS) is 48.4. The molecule has 7 heteroatoms. The second kappa shape index (κ2) is 8.47. The van der Waals surface area contributed by atoms with Gasteiger partial charge in [-0.3, -0.25) is 0 Å². The van der Waals surface area contributed by atoms with Crippen molar-refractivity contribution in [3.63, 3.8) is 0 Å². The van der Waals surface area contributed by atoms with Gasteiger partial charge in [0, 0.05) is 18.1 Å². The molecule has 23 heavy (non-hydrogen) atoms. The first-order valence-electron chi connectivity index (χ1n) is 8.52. The predicted octanol–water partition coefficient (Wildman–Crippen LogP) is -0.223. The number of hydrogen-bond acceptors (Lipinski definition) is 7. The van der Waals surface area contributed by atoms with E-state index in [1.807, 2.05) is 0 Å². The first-order valence-corrected chi connectivity index (χ1v) is 9.67. The van der Waals surface area contributed by atoms with E-state index < -0.39 is 30.7 Å². The van der Waals surface area contributed by atoms with Crippen molar-refractivity contribution < 1.29 is 25.2 Å². The Balaban J connectivity index is 0.000000198. The highest BCUT2D eigenvalue weighted by atomic mass is 32.2. The third kappa shape index (κ3) is 5.29. The molecular formula is C16H31NO5S. The van der Waals surface area contributed by atoms with Gasteiger partial charge in [0.2, 0.25) is 0 Å². The average Bonchev–Trinajstić information content (AvgIpc) is 3.42. The van der Waals surface area contributed by atoms with Gasteiger partial charge in [0.25, 0.3) is 0 Å². The fourth-order valence-electron chi connectivity index (χ4n) is 3.25. The van der Waals surface area contributed by atoms with Crippen LogP contribution in [0.2, 0.25) is 0 Å². The molecule has 0 aromatic carbocycles. The van der Waals surface area contributed by atoms with Gasteiger partial charge >= 0.3 is 0 Å². The summed E-state index contributed by atoms with van der Waals surface area (Å²) in [7, 11) is 0. The quantitative estimate of drug-likeness (QED) is 0.436. The van der Waals surface area contributed by atoms with Gasteiger partial charge in [0.05, 0.1) is 6.10 Å². The highest BCUT2D eigenvalue weighted by Gasteiger charge is 2.49. The van der Waals surface area contributed by atoms with Crippen LogP contribution >= 0.6 is 11.8 Å². The molecule has 2 saturated carbocycles. The highest BCUT2D eigenvalue weighted by Crippen LogP contribution is 2.57.